The summed E-state index contributed by atoms with van der Waals surface area (Å²) in [6.45, 7) is 5.38. The minimum Gasteiger partial charge on any atom is -0.350 e. The normalized spacial score (nSPS) is 11.3. The molecular weight excluding hydrogens is 381 g/mol. The van der Waals surface area contributed by atoms with Crippen LogP contribution < -0.4 is 16.0 Å². The van der Waals surface area contributed by atoms with E-state index in [1.165, 1.54) is 11.3 Å². The molecule has 0 fully saturated rings. The highest BCUT2D eigenvalue weighted by Crippen LogP contribution is 2.24. The van der Waals surface area contributed by atoms with Crippen LogP contribution in [0.15, 0.2) is 35.7 Å². The Hall–Kier alpha value is -1.60. The highest BCUT2D eigenvalue weighted by molar-refractivity contribution is 7.12. The Morgan fingerprint density at radius 2 is 2.00 bits per heavy atom. The second kappa shape index (κ2) is 10.4. The van der Waals surface area contributed by atoms with E-state index in [9.17, 15) is 9.59 Å². The number of likely N-dealkylation sites (N-methyl/N-ethyl adjacent to an activating group) is 1. The molecule has 3 N–H and O–H groups in total. The molecule has 136 valence electrons. The van der Waals surface area contributed by atoms with Gasteiger partial charge in [0.1, 0.15) is 0 Å². The first kappa shape index (κ1) is 21.4. The van der Waals surface area contributed by atoms with E-state index in [1.54, 1.807) is 30.3 Å². The van der Waals surface area contributed by atoms with E-state index in [4.69, 9.17) is 11.6 Å². The first-order valence-electron chi connectivity index (χ1n) is 7.67. The number of benzene rings is 1. The van der Waals surface area contributed by atoms with E-state index < -0.39 is 0 Å². The third kappa shape index (κ3) is 6.32. The van der Waals surface area contributed by atoms with Crippen LogP contribution >= 0.6 is 35.3 Å². The average molecular weight is 402 g/mol. The van der Waals surface area contributed by atoms with Gasteiger partial charge in [-0.3, -0.25) is 9.59 Å². The van der Waals surface area contributed by atoms with Gasteiger partial charge in [-0.05, 0) is 43.1 Å². The van der Waals surface area contributed by atoms with Gasteiger partial charge in [-0.25, -0.2) is 0 Å². The Labute approximate surface area is 162 Å². The van der Waals surface area contributed by atoms with Crippen LogP contribution in [0.2, 0.25) is 5.02 Å². The molecule has 1 aromatic heterocycles. The lowest BCUT2D eigenvalue weighted by atomic mass is 10.1. The number of hydrogen-bond acceptors (Lipinski definition) is 4. The van der Waals surface area contributed by atoms with Gasteiger partial charge >= 0.3 is 0 Å². The minimum atomic E-state index is -0.245. The fraction of sp³-hybridized carbons (Fsp3) is 0.294. The number of rotatable bonds is 7. The summed E-state index contributed by atoms with van der Waals surface area (Å²) in [6.07, 6.45) is 0. The van der Waals surface area contributed by atoms with E-state index >= 15 is 0 Å². The summed E-state index contributed by atoms with van der Waals surface area (Å²) in [5.41, 5.74) is 0.868. The Kier molecular flexibility index (Phi) is 8.92. The zero-order valence-electron chi connectivity index (χ0n) is 14.0. The molecule has 0 aliphatic rings. The maximum absolute atomic E-state index is 12.2. The summed E-state index contributed by atoms with van der Waals surface area (Å²) in [5.74, 6) is -0.451. The summed E-state index contributed by atoms with van der Waals surface area (Å²) < 4.78 is 0. The number of nitrogens with one attached hydrogen (secondary N) is 3. The van der Waals surface area contributed by atoms with Gasteiger partial charge < -0.3 is 16.0 Å². The second-order valence-corrected chi connectivity index (χ2v) is 6.65. The molecule has 1 aromatic carbocycles. The van der Waals surface area contributed by atoms with Gasteiger partial charge in [-0.2, -0.15) is 0 Å². The zero-order valence-corrected chi connectivity index (χ0v) is 16.4. The molecule has 2 rings (SSSR count). The molecule has 1 heterocycles. The molecule has 0 saturated carbocycles. The summed E-state index contributed by atoms with van der Waals surface area (Å²) in [7, 11) is 0. The summed E-state index contributed by atoms with van der Waals surface area (Å²) in [4.78, 5) is 24.9. The maximum Gasteiger partial charge on any atom is 0.265 e. The average Bonchev–Trinajstić information content (AvgIpc) is 3.09. The van der Waals surface area contributed by atoms with Crippen LogP contribution in [0.5, 0.6) is 0 Å². The first-order valence-corrected chi connectivity index (χ1v) is 8.93. The van der Waals surface area contributed by atoms with Crippen molar-refractivity contribution < 1.29 is 9.59 Å². The molecule has 0 radical (unpaired) electrons. The van der Waals surface area contributed by atoms with Crippen molar-refractivity contribution in [3.63, 3.8) is 0 Å². The monoisotopic (exact) mass is 401 g/mol. The highest BCUT2D eigenvalue weighted by Gasteiger charge is 2.13. The van der Waals surface area contributed by atoms with Crippen LogP contribution in [0.1, 0.15) is 33.9 Å². The van der Waals surface area contributed by atoms with Crippen LogP contribution in [0.3, 0.4) is 0 Å². The highest BCUT2D eigenvalue weighted by atomic mass is 35.5. The van der Waals surface area contributed by atoms with Crippen molar-refractivity contribution >= 4 is 52.8 Å². The molecule has 1 atom stereocenters. The molecule has 25 heavy (non-hydrogen) atoms. The Morgan fingerprint density at radius 3 is 2.64 bits per heavy atom. The third-order valence-corrected chi connectivity index (χ3v) is 4.54. The predicted octanol–water partition coefficient (Wildman–Crippen LogP) is 3.80. The summed E-state index contributed by atoms with van der Waals surface area (Å²) >= 11 is 7.46. The van der Waals surface area contributed by atoms with Crippen molar-refractivity contribution in [2.24, 2.45) is 0 Å². The molecule has 2 aromatic rings. The fourth-order valence-corrected chi connectivity index (χ4v) is 2.91. The van der Waals surface area contributed by atoms with Crippen LogP contribution in [-0.2, 0) is 0 Å². The van der Waals surface area contributed by atoms with E-state index in [0.29, 0.717) is 27.7 Å². The molecule has 0 saturated heterocycles. The minimum absolute atomic E-state index is 0. The predicted molar refractivity (Wildman–Crippen MR) is 106 cm³/mol. The largest absolute Gasteiger partial charge is 0.350 e. The first-order chi connectivity index (χ1) is 11.5. The molecule has 0 aliphatic carbocycles. The molecule has 0 aliphatic heterocycles. The molecule has 0 spiro atoms. The van der Waals surface area contributed by atoms with Crippen LogP contribution in [0.25, 0.3) is 0 Å². The molecule has 5 nitrogen and oxygen atoms in total. The van der Waals surface area contributed by atoms with Crippen molar-refractivity contribution in [1.82, 2.24) is 10.6 Å². The molecule has 8 heteroatoms. The van der Waals surface area contributed by atoms with E-state index in [2.05, 4.69) is 16.0 Å². The fourth-order valence-electron chi connectivity index (χ4n) is 2.12. The summed E-state index contributed by atoms with van der Waals surface area (Å²) in [6, 6.07) is 8.54. The molecule has 0 unspecified atom stereocenters. The number of amides is 2. The van der Waals surface area contributed by atoms with E-state index in [1.807, 2.05) is 19.2 Å². The number of halogens is 2. The standard InChI is InChI=1S/C17H20ClN3O2S.ClH/c1-3-19-11(2)10-20-16(22)12-6-7-13(18)14(9-12)21-17(23)15-5-4-8-24-15;/h4-9,11,19H,3,10H2,1-2H3,(H,20,22)(H,21,23);1H/t11-;/m1./s1. The quantitative estimate of drug-likeness (QED) is 0.660. The second-order valence-electron chi connectivity index (χ2n) is 5.29. The number of anilines is 1. The van der Waals surface area contributed by atoms with Crippen LogP contribution in [0.4, 0.5) is 5.69 Å². The lowest BCUT2D eigenvalue weighted by Gasteiger charge is -2.14. The van der Waals surface area contributed by atoms with Crippen molar-refractivity contribution in [3.05, 3.63) is 51.2 Å². The Balaban J connectivity index is 0.00000312. The Morgan fingerprint density at radius 1 is 1.24 bits per heavy atom. The van der Waals surface area contributed by atoms with Crippen molar-refractivity contribution in [1.29, 1.82) is 0 Å². The zero-order chi connectivity index (χ0) is 17.5. The van der Waals surface area contributed by atoms with E-state index in [0.717, 1.165) is 6.54 Å². The summed E-state index contributed by atoms with van der Waals surface area (Å²) in [5, 5.41) is 11.0. The SMILES string of the molecule is CCN[C@H](C)CNC(=O)c1ccc(Cl)c(NC(=O)c2cccs2)c1.Cl. The van der Waals surface area contributed by atoms with Crippen LogP contribution in [-0.4, -0.2) is 30.9 Å². The van der Waals surface area contributed by atoms with Gasteiger partial charge in [0.05, 0.1) is 15.6 Å². The lowest BCUT2D eigenvalue weighted by Crippen LogP contribution is -2.38. The number of hydrogen-bond donors (Lipinski definition) is 3. The molecule has 2 amide bonds. The topological polar surface area (TPSA) is 70.2 Å². The smallest absolute Gasteiger partial charge is 0.265 e. The van der Waals surface area contributed by atoms with Gasteiger partial charge in [0.25, 0.3) is 11.8 Å². The molecule has 0 bridgehead atoms. The van der Waals surface area contributed by atoms with E-state index in [-0.39, 0.29) is 30.3 Å². The Bertz CT molecular complexity index is 708. The number of carbonyl (C=O) groups excluding carboxylic acids is 2. The van der Waals surface area contributed by atoms with Crippen molar-refractivity contribution in [2.75, 3.05) is 18.4 Å². The number of thiophene rings is 1. The molecular formula is C17H21Cl2N3O2S. The maximum atomic E-state index is 12.2. The van der Waals surface area contributed by atoms with Gasteiger partial charge in [0.15, 0.2) is 0 Å². The van der Waals surface area contributed by atoms with Gasteiger partial charge in [-0.1, -0.05) is 24.6 Å². The van der Waals surface area contributed by atoms with Crippen LogP contribution in [0, 0.1) is 0 Å². The lowest BCUT2D eigenvalue weighted by molar-refractivity contribution is 0.0949. The number of carbonyl (C=O) groups is 2. The van der Waals surface area contributed by atoms with Gasteiger partial charge in [0, 0.05) is 18.2 Å². The van der Waals surface area contributed by atoms with Gasteiger partial charge in [0.2, 0.25) is 0 Å². The van der Waals surface area contributed by atoms with Crippen molar-refractivity contribution in [3.8, 4) is 0 Å². The third-order valence-electron chi connectivity index (χ3n) is 3.34. The van der Waals surface area contributed by atoms with Crippen molar-refractivity contribution in [2.45, 2.75) is 19.9 Å². The van der Waals surface area contributed by atoms with Gasteiger partial charge in [-0.15, -0.1) is 23.7 Å².